The number of anilines is 1. The summed E-state index contributed by atoms with van der Waals surface area (Å²) in [6, 6.07) is 8.46. The molecule has 27 heavy (non-hydrogen) atoms. The van der Waals surface area contributed by atoms with Crippen LogP contribution in [0, 0.1) is 0 Å². The zero-order valence-corrected chi connectivity index (χ0v) is 14.6. The van der Waals surface area contributed by atoms with E-state index in [-0.39, 0.29) is 24.3 Å². The lowest BCUT2D eigenvalue weighted by Gasteiger charge is -2.35. The van der Waals surface area contributed by atoms with Crippen LogP contribution in [0.2, 0.25) is 0 Å². The minimum absolute atomic E-state index is 0.0206. The van der Waals surface area contributed by atoms with Gasteiger partial charge >= 0.3 is 0 Å². The number of aromatic nitrogens is 1. The number of amides is 3. The van der Waals surface area contributed by atoms with Gasteiger partial charge in [0.1, 0.15) is 5.75 Å². The van der Waals surface area contributed by atoms with Crippen LogP contribution in [-0.2, 0) is 4.79 Å². The van der Waals surface area contributed by atoms with Crippen LogP contribution in [0.3, 0.4) is 0 Å². The number of carbonyl (C=O) groups excluding carboxylic acids is 3. The lowest BCUT2D eigenvalue weighted by molar-refractivity contribution is -0.118. The van der Waals surface area contributed by atoms with Gasteiger partial charge in [0.05, 0.1) is 11.3 Å². The summed E-state index contributed by atoms with van der Waals surface area (Å²) in [5.41, 5.74) is 1.52. The van der Waals surface area contributed by atoms with E-state index in [2.05, 4.69) is 10.3 Å². The van der Waals surface area contributed by atoms with Crippen LogP contribution in [0.25, 0.3) is 0 Å². The predicted octanol–water partition coefficient (Wildman–Crippen LogP) is 1.01. The van der Waals surface area contributed by atoms with Gasteiger partial charge in [0, 0.05) is 44.1 Å². The first-order chi connectivity index (χ1) is 13.1. The number of hydrogen-bond donors (Lipinski definition) is 1. The topological polar surface area (TPSA) is 91.8 Å². The Morgan fingerprint density at radius 1 is 1.00 bits per heavy atom. The van der Waals surface area contributed by atoms with Crippen LogP contribution in [0.5, 0.6) is 5.75 Å². The number of carbonyl (C=O) groups is 3. The summed E-state index contributed by atoms with van der Waals surface area (Å²) in [6.07, 6.45) is 3.17. The normalized spacial score (nSPS) is 16.2. The highest BCUT2D eigenvalue weighted by atomic mass is 16.5. The molecule has 0 radical (unpaired) electrons. The SMILES string of the molecule is O=C1COc2ccc(C(=O)N3CCN(C(=O)c4cccnc4)CC3)cc2N1. The third-order valence-electron chi connectivity index (χ3n) is 4.62. The average molecular weight is 366 g/mol. The van der Waals surface area contributed by atoms with Gasteiger partial charge in [-0.3, -0.25) is 19.4 Å². The maximum absolute atomic E-state index is 12.8. The monoisotopic (exact) mass is 366 g/mol. The molecular weight excluding hydrogens is 348 g/mol. The first kappa shape index (κ1) is 17.0. The summed E-state index contributed by atoms with van der Waals surface area (Å²) in [7, 11) is 0. The van der Waals surface area contributed by atoms with E-state index in [1.165, 1.54) is 0 Å². The zero-order chi connectivity index (χ0) is 18.8. The second-order valence-electron chi connectivity index (χ2n) is 6.37. The van der Waals surface area contributed by atoms with E-state index < -0.39 is 0 Å². The number of pyridine rings is 1. The molecule has 0 aliphatic carbocycles. The maximum atomic E-state index is 12.8. The van der Waals surface area contributed by atoms with Gasteiger partial charge in [0.15, 0.2) is 6.61 Å². The van der Waals surface area contributed by atoms with Gasteiger partial charge in [-0.05, 0) is 30.3 Å². The summed E-state index contributed by atoms with van der Waals surface area (Å²) in [6.45, 7) is 1.80. The number of fused-ring (bicyclic) bond motifs is 1. The lowest BCUT2D eigenvalue weighted by Crippen LogP contribution is -2.50. The van der Waals surface area contributed by atoms with Crippen molar-refractivity contribution < 1.29 is 19.1 Å². The van der Waals surface area contributed by atoms with E-state index >= 15 is 0 Å². The Morgan fingerprint density at radius 2 is 1.70 bits per heavy atom. The Kier molecular flexibility index (Phi) is 4.45. The Morgan fingerprint density at radius 3 is 2.37 bits per heavy atom. The van der Waals surface area contributed by atoms with Crippen LogP contribution in [-0.4, -0.2) is 65.3 Å². The molecule has 1 N–H and O–H groups in total. The number of nitrogens with zero attached hydrogens (tertiary/aromatic N) is 3. The van der Waals surface area contributed by atoms with Crippen LogP contribution < -0.4 is 10.1 Å². The fourth-order valence-electron chi connectivity index (χ4n) is 3.18. The molecule has 0 atom stereocenters. The van der Waals surface area contributed by atoms with Crippen molar-refractivity contribution in [3.8, 4) is 5.75 Å². The van der Waals surface area contributed by atoms with Crippen molar-refractivity contribution in [3.63, 3.8) is 0 Å². The van der Waals surface area contributed by atoms with Crippen molar-refractivity contribution in [2.45, 2.75) is 0 Å². The molecule has 1 aromatic carbocycles. The molecule has 2 aliphatic rings. The van der Waals surface area contributed by atoms with E-state index in [4.69, 9.17) is 4.74 Å². The third kappa shape index (κ3) is 3.46. The predicted molar refractivity (Wildman–Crippen MR) is 96.6 cm³/mol. The molecule has 1 aromatic heterocycles. The lowest BCUT2D eigenvalue weighted by atomic mass is 10.1. The first-order valence-electron chi connectivity index (χ1n) is 8.67. The van der Waals surface area contributed by atoms with Crippen molar-refractivity contribution in [1.29, 1.82) is 0 Å². The van der Waals surface area contributed by atoms with Gasteiger partial charge in [-0.25, -0.2) is 0 Å². The first-order valence-corrected chi connectivity index (χ1v) is 8.67. The highest BCUT2D eigenvalue weighted by Crippen LogP contribution is 2.29. The molecule has 2 aliphatic heterocycles. The van der Waals surface area contributed by atoms with E-state index in [9.17, 15) is 14.4 Å². The summed E-state index contributed by atoms with van der Waals surface area (Å²) < 4.78 is 5.31. The van der Waals surface area contributed by atoms with Crippen LogP contribution in [0.15, 0.2) is 42.7 Å². The van der Waals surface area contributed by atoms with Crippen molar-refractivity contribution in [2.24, 2.45) is 0 Å². The Balaban J connectivity index is 1.41. The minimum Gasteiger partial charge on any atom is -0.482 e. The van der Waals surface area contributed by atoms with E-state index in [0.717, 1.165) is 0 Å². The van der Waals surface area contributed by atoms with Crippen molar-refractivity contribution in [2.75, 3.05) is 38.1 Å². The Hall–Kier alpha value is -3.42. The quantitative estimate of drug-likeness (QED) is 0.856. The molecule has 3 heterocycles. The molecule has 8 nitrogen and oxygen atoms in total. The van der Waals surface area contributed by atoms with Crippen LogP contribution in [0.1, 0.15) is 20.7 Å². The molecule has 0 unspecified atom stereocenters. The van der Waals surface area contributed by atoms with Crippen LogP contribution in [0.4, 0.5) is 5.69 Å². The largest absolute Gasteiger partial charge is 0.482 e. The van der Waals surface area contributed by atoms with E-state index in [1.54, 1.807) is 52.5 Å². The fourth-order valence-corrected chi connectivity index (χ4v) is 3.18. The summed E-state index contributed by atoms with van der Waals surface area (Å²) >= 11 is 0. The second kappa shape index (κ2) is 7.06. The Labute approximate surface area is 155 Å². The third-order valence-corrected chi connectivity index (χ3v) is 4.62. The molecule has 0 spiro atoms. The standard InChI is InChI=1S/C19H18N4O4/c24-17-12-27-16-4-3-13(10-15(16)21-17)18(25)22-6-8-23(9-7-22)19(26)14-2-1-5-20-11-14/h1-5,10-11H,6-9,12H2,(H,21,24). The van der Waals surface area contributed by atoms with Crippen molar-refractivity contribution in [1.82, 2.24) is 14.8 Å². The van der Waals surface area contributed by atoms with E-state index in [0.29, 0.717) is 48.7 Å². The van der Waals surface area contributed by atoms with Crippen LogP contribution >= 0.6 is 0 Å². The number of nitrogens with one attached hydrogen (secondary N) is 1. The number of hydrogen-bond acceptors (Lipinski definition) is 5. The van der Waals surface area contributed by atoms with Gasteiger partial charge < -0.3 is 19.9 Å². The molecule has 0 saturated carbocycles. The van der Waals surface area contributed by atoms with Gasteiger partial charge in [-0.2, -0.15) is 0 Å². The Bertz CT molecular complexity index is 892. The molecule has 0 bridgehead atoms. The highest BCUT2D eigenvalue weighted by molar-refractivity contribution is 6.00. The zero-order valence-electron chi connectivity index (χ0n) is 14.6. The summed E-state index contributed by atoms with van der Waals surface area (Å²) in [5, 5.41) is 2.70. The average Bonchev–Trinajstić information content (AvgIpc) is 2.73. The molecule has 138 valence electrons. The molecule has 4 rings (SSSR count). The molecule has 3 amide bonds. The van der Waals surface area contributed by atoms with Gasteiger partial charge in [-0.1, -0.05) is 0 Å². The highest BCUT2D eigenvalue weighted by Gasteiger charge is 2.26. The number of ether oxygens (including phenoxy) is 1. The van der Waals surface area contributed by atoms with E-state index in [1.807, 2.05) is 0 Å². The van der Waals surface area contributed by atoms with Gasteiger partial charge in [-0.15, -0.1) is 0 Å². The molecule has 1 fully saturated rings. The fraction of sp³-hybridized carbons (Fsp3) is 0.263. The number of piperazine rings is 1. The molecule has 1 saturated heterocycles. The molecule has 2 aromatic rings. The number of rotatable bonds is 2. The van der Waals surface area contributed by atoms with Gasteiger partial charge in [0.2, 0.25) is 0 Å². The van der Waals surface area contributed by atoms with Gasteiger partial charge in [0.25, 0.3) is 17.7 Å². The van der Waals surface area contributed by atoms with Crippen molar-refractivity contribution in [3.05, 3.63) is 53.9 Å². The molecular formula is C19H18N4O4. The summed E-state index contributed by atoms with van der Waals surface area (Å²) in [5.74, 6) is 0.0996. The smallest absolute Gasteiger partial charge is 0.262 e. The minimum atomic E-state index is -0.241. The molecule has 8 heteroatoms. The number of benzene rings is 1. The second-order valence-corrected chi connectivity index (χ2v) is 6.37. The maximum Gasteiger partial charge on any atom is 0.262 e. The summed E-state index contributed by atoms with van der Waals surface area (Å²) in [4.78, 5) is 44.1. The van der Waals surface area contributed by atoms with Crippen molar-refractivity contribution >= 4 is 23.4 Å².